The molecule has 0 amide bonds. The molecular weight excluding hydrogens is 396 g/mol. The summed E-state index contributed by atoms with van der Waals surface area (Å²) < 4.78 is 26.8. The SMILES string of the molecule is CC/N=C1\CC=C(/C2=C/C=C/C(NC)/C=C\C2)N=C1NCC(C)CNCC(F)(F)CC. The molecule has 1 aliphatic carbocycles. The molecule has 0 aromatic carbocycles. The van der Waals surface area contributed by atoms with Crippen molar-refractivity contribution in [2.45, 2.75) is 52.0 Å². The Morgan fingerprint density at radius 2 is 2.03 bits per heavy atom. The molecule has 2 unspecified atom stereocenters. The van der Waals surface area contributed by atoms with Crippen LogP contribution in [0.1, 0.15) is 40.0 Å². The average Bonchev–Trinajstić information content (AvgIpc) is 2.73. The van der Waals surface area contributed by atoms with Gasteiger partial charge in [-0.1, -0.05) is 50.3 Å². The fourth-order valence-corrected chi connectivity index (χ4v) is 3.31. The van der Waals surface area contributed by atoms with E-state index in [1.807, 2.05) is 20.9 Å². The van der Waals surface area contributed by atoms with Gasteiger partial charge in [0, 0.05) is 32.0 Å². The summed E-state index contributed by atoms with van der Waals surface area (Å²) in [5, 5.41) is 9.52. The molecule has 0 aromatic heterocycles. The monoisotopic (exact) mass is 433 g/mol. The first-order chi connectivity index (χ1) is 14.9. The Morgan fingerprint density at radius 1 is 1.23 bits per heavy atom. The molecule has 0 saturated heterocycles. The van der Waals surface area contributed by atoms with Gasteiger partial charge in [0.05, 0.1) is 18.0 Å². The highest BCUT2D eigenvalue weighted by atomic mass is 19.3. The molecular formula is C24H37F2N5. The van der Waals surface area contributed by atoms with Crippen LogP contribution in [0.5, 0.6) is 0 Å². The van der Waals surface area contributed by atoms with E-state index in [-0.39, 0.29) is 24.9 Å². The number of rotatable bonds is 10. The van der Waals surface area contributed by atoms with Crippen LogP contribution in [0.15, 0.2) is 57.7 Å². The fourth-order valence-electron chi connectivity index (χ4n) is 3.31. The Bertz CT molecular complexity index is 762. The highest BCUT2D eigenvalue weighted by Crippen LogP contribution is 2.22. The quantitative estimate of drug-likeness (QED) is 0.456. The van der Waals surface area contributed by atoms with Crippen LogP contribution in [0.4, 0.5) is 8.78 Å². The third kappa shape index (κ3) is 8.50. The van der Waals surface area contributed by atoms with Gasteiger partial charge in [0.1, 0.15) is 5.84 Å². The lowest BCUT2D eigenvalue weighted by molar-refractivity contribution is -0.00205. The number of hydrogen-bond donors (Lipinski definition) is 3. The molecule has 0 fully saturated rings. The lowest BCUT2D eigenvalue weighted by atomic mass is 10.0. The van der Waals surface area contributed by atoms with Crippen LogP contribution in [-0.4, -0.2) is 56.7 Å². The minimum atomic E-state index is -2.65. The van der Waals surface area contributed by atoms with Crippen LogP contribution in [-0.2, 0) is 0 Å². The summed E-state index contributed by atoms with van der Waals surface area (Å²) in [5.74, 6) is -1.69. The van der Waals surface area contributed by atoms with E-state index in [9.17, 15) is 8.78 Å². The van der Waals surface area contributed by atoms with E-state index in [2.05, 4.69) is 57.4 Å². The molecule has 3 N–H and O–H groups in total. The standard InChI is InChI=1S/C24H37F2N5/c1-5-24(25,26)17-28-15-18(3)16-30-23-22(29-6-2)14-13-21(31-23)19-9-7-11-20(27-4)12-8-10-19/h7-9,11-13,18,20,27-28H,5-6,10,14-17H2,1-4H3,(H,30,31)/b11-7+,12-8-,19-9+,29-22+. The van der Waals surface area contributed by atoms with Gasteiger partial charge in [-0.2, -0.15) is 0 Å². The van der Waals surface area contributed by atoms with E-state index in [1.54, 1.807) is 0 Å². The predicted molar refractivity (Wildman–Crippen MR) is 127 cm³/mol. The van der Waals surface area contributed by atoms with Crippen molar-refractivity contribution in [3.05, 3.63) is 47.7 Å². The number of amidine groups is 1. The van der Waals surface area contributed by atoms with E-state index in [0.29, 0.717) is 19.6 Å². The van der Waals surface area contributed by atoms with Gasteiger partial charge in [-0.3, -0.25) is 4.99 Å². The largest absolute Gasteiger partial charge is 0.368 e. The normalized spacial score (nSPS) is 25.5. The van der Waals surface area contributed by atoms with Crippen molar-refractivity contribution in [3.8, 4) is 0 Å². The minimum Gasteiger partial charge on any atom is -0.368 e. The van der Waals surface area contributed by atoms with Gasteiger partial charge in [-0.05, 0) is 38.4 Å². The summed E-state index contributed by atoms with van der Waals surface area (Å²) in [5.41, 5.74) is 3.06. The molecule has 0 saturated carbocycles. The Labute approximate surface area is 185 Å². The van der Waals surface area contributed by atoms with Crippen molar-refractivity contribution in [1.82, 2.24) is 16.0 Å². The molecule has 1 aliphatic heterocycles. The second-order valence-corrected chi connectivity index (χ2v) is 8.02. The molecule has 5 nitrogen and oxygen atoms in total. The number of alkyl halides is 2. The van der Waals surface area contributed by atoms with Gasteiger partial charge < -0.3 is 16.0 Å². The summed E-state index contributed by atoms with van der Waals surface area (Å²) in [4.78, 5) is 9.46. The number of nitrogens with zero attached hydrogens (tertiary/aromatic N) is 2. The zero-order chi connectivity index (χ0) is 22.7. The van der Waals surface area contributed by atoms with E-state index >= 15 is 0 Å². The summed E-state index contributed by atoms with van der Waals surface area (Å²) in [7, 11) is 1.94. The topological polar surface area (TPSA) is 60.8 Å². The van der Waals surface area contributed by atoms with Crippen LogP contribution in [0.2, 0.25) is 0 Å². The second kappa shape index (κ2) is 12.7. The number of allylic oxidation sites excluding steroid dienone is 5. The Hall–Kier alpha value is -2.12. The molecule has 0 radical (unpaired) electrons. The first-order valence-electron chi connectivity index (χ1n) is 11.2. The average molecular weight is 434 g/mol. The lowest BCUT2D eigenvalue weighted by Gasteiger charge is -2.21. The number of aliphatic imine (C=N–C) groups is 2. The van der Waals surface area contributed by atoms with Gasteiger partial charge in [0.15, 0.2) is 0 Å². The van der Waals surface area contributed by atoms with Crippen molar-refractivity contribution in [3.63, 3.8) is 0 Å². The van der Waals surface area contributed by atoms with Crippen LogP contribution in [0.25, 0.3) is 0 Å². The Balaban J connectivity index is 2.02. The summed E-state index contributed by atoms with van der Waals surface area (Å²) in [6, 6.07) is 0.245. The number of halogens is 2. The third-order valence-corrected chi connectivity index (χ3v) is 5.31. The first-order valence-corrected chi connectivity index (χ1v) is 11.2. The molecule has 0 aromatic rings. The maximum Gasteiger partial charge on any atom is 0.260 e. The van der Waals surface area contributed by atoms with Crippen LogP contribution >= 0.6 is 0 Å². The lowest BCUT2D eigenvalue weighted by Crippen LogP contribution is -2.40. The predicted octanol–water partition coefficient (Wildman–Crippen LogP) is 4.02. The maximum absolute atomic E-state index is 13.4. The smallest absolute Gasteiger partial charge is 0.260 e. The van der Waals surface area contributed by atoms with Crippen molar-refractivity contribution in [2.24, 2.45) is 15.9 Å². The molecule has 31 heavy (non-hydrogen) atoms. The van der Waals surface area contributed by atoms with Gasteiger partial charge >= 0.3 is 0 Å². The number of nitrogens with one attached hydrogen (secondary N) is 3. The molecule has 2 atom stereocenters. The van der Waals surface area contributed by atoms with Gasteiger partial charge in [-0.25, -0.2) is 13.8 Å². The Kier molecular flexibility index (Phi) is 10.3. The molecule has 1 heterocycles. The van der Waals surface area contributed by atoms with Crippen molar-refractivity contribution >= 4 is 11.5 Å². The molecule has 7 heteroatoms. The van der Waals surface area contributed by atoms with Gasteiger partial charge in [-0.15, -0.1) is 0 Å². The second-order valence-electron chi connectivity index (χ2n) is 8.02. The van der Waals surface area contributed by atoms with Crippen molar-refractivity contribution in [1.29, 1.82) is 0 Å². The third-order valence-electron chi connectivity index (χ3n) is 5.31. The molecule has 2 aliphatic rings. The molecule has 0 spiro atoms. The maximum atomic E-state index is 13.4. The number of hydrogen-bond acceptors (Lipinski definition) is 5. The van der Waals surface area contributed by atoms with Crippen molar-refractivity contribution < 1.29 is 8.78 Å². The highest BCUT2D eigenvalue weighted by Gasteiger charge is 2.25. The Morgan fingerprint density at radius 3 is 2.74 bits per heavy atom. The zero-order valence-electron chi connectivity index (χ0n) is 19.2. The van der Waals surface area contributed by atoms with E-state index in [4.69, 9.17) is 4.99 Å². The highest BCUT2D eigenvalue weighted by molar-refractivity contribution is 6.42. The van der Waals surface area contributed by atoms with Crippen LogP contribution in [0.3, 0.4) is 0 Å². The van der Waals surface area contributed by atoms with Gasteiger partial charge in [0.2, 0.25) is 0 Å². The molecule has 0 bridgehead atoms. The molecule has 2 rings (SSSR count). The molecule has 172 valence electrons. The summed E-state index contributed by atoms with van der Waals surface area (Å²) in [6.07, 6.45) is 14.1. The fraction of sp³-hybridized carbons (Fsp3) is 0.583. The summed E-state index contributed by atoms with van der Waals surface area (Å²) in [6.45, 7) is 7.12. The van der Waals surface area contributed by atoms with E-state index in [0.717, 1.165) is 35.7 Å². The van der Waals surface area contributed by atoms with Crippen LogP contribution < -0.4 is 16.0 Å². The van der Waals surface area contributed by atoms with Crippen LogP contribution in [0, 0.1) is 5.92 Å². The van der Waals surface area contributed by atoms with E-state index in [1.165, 1.54) is 6.92 Å². The zero-order valence-corrected chi connectivity index (χ0v) is 19.2. The van der Waals surface area contributed by atoms with Gasteiger partial charge in [0.25, 0.3) is 5.92 Å². The van der Waals surface area contributed by atoms with E-state index < -0.39 is 5.92 Å². The first kappa shape index (κ1) is 25.1. The number of likely N-dealkylation sites (N-methyl/N-ethyl adjacent to an activating group) is 1. The summed E-state index contributed by atoms with van der Waals surface area (Å²) >= 11 is 0. The van der Waals surface area contributed by atoms with Crippen molar-refractivity contribution in [2.75, 3.05) is 33.2 Å². The minimum absolute atomic E-state index is 0.148.